The van der Waals surface area contributed by atoms with Crippen molar-refractivity contribution < 1.29 is 9.53 Å². The van der Waals surface area contributed by atoms with Crippen LogP contribution in [0.5, 0.6) is 0 Å². The molecule has 0 saturated carbocycles. The molecule has 4 heteroatoms. The second-order valence-corrected chi connectivity index (χ2v) is 4.90. The third-order valence-electron chi connectivity index (χ3n) is 2.25. The van der Waals surface area contributed by atoms with Crippen LogP contribution in [-0.2, 0) is 10.5 Å². The van der Waals surface area contributed by atoms with Crippen molar-refractivity contribution in [2.24, 2.45) is 0 Å². The first-order valence-electron chi connectivity index (χ1n) is 5.98. The molecule has 1 aromatic rings. The number of hydrogen-bond donors (Lipinski definition) is 0. The lowest BCUT2D eigenvalue weighted by atomic mass is 10.1. The molecule has 18 heavy (non-hydrogen) atoms. The van der Waals surface area contributed by atoms with Crippen LogP contribution in [0, 0.1) is 11.3 Å². The Morgan fingerprint density at radius 3 is 2.72 bits per heavy atom. The van der Waals surface area contributed by atoms with Crippen molar-refractivity contribution in [3.05, 3.63) is 35.4 Å². The Bertz CT molecular complexity index is 409. The normalized spacial score (nSPS) is 9.78. The van der Waals surface area contributed by atoms with E-state index in [0.717, 1.165) is 23.5 Å². The van der Waals surface area contributed by atoms with Crippen LogP contribution < -0.4 is 0 Å². The van der Waals surface area contributed by atoms with Crippen LogP contribution in [0.1, 0.15) is 35.7 Å². The van der Waals surface area contributed by atoms with E-state index >= 15 is 0 Å². The predicted molar refractivity (Wildman–Crippen MR) is 73.4 cm³/mol. The van der Waals surface area contributed by atoms with Crippen LogP contribution >= 0.6 is 11.8 Å². The number of carbonyl (C=O) groups is 1. The third-order valence-corrected chi connectivity index (χ3v) is 3.28. The average molecular weight is 263 g/mol. The van der Waals surface area contributed by atoms with Crippen molar-refractivity contribution in [3.8, 4) is 6.07 Å². The SMILES string of the molecule is CCCOC(=O)c1ccc(CSCCC#N)cc1. The lowest BCUT2D eigenvalue weighted by Crippen LogP contribution is -2.05. The first-order valence-corrected chi connectivity index (χ1v) is 7.14. The van der Waals surface area contributed by atoms with Gasteiger partial charge in [-0.2, -0.15) is 17.0 Å². The van der Waals surface area contributed by atoms with Crippen molar-refractivity contribution in [1.29, 1.82) is 5.26 Å². The fourth-order valence-electron chi connectivity index (χ4n) is 1.32. The molecule has 0 bridgehead atoms. The van der Waals surface area contributed by atoms with Crippen molar-refractivity contribution in [2.75, 3.05) is 12.4 Å². The molecule has 0 atom stereocenters. The quantitative estimate of drug-likeness (QED) is 0.559. The highest BCUT2D eigenvalue weighted by molar-refractivity contribution is 7.98. The molecule has 0 aliphatic rings. The lowest BCUT2D eigenvalue weighted by molar-refractivity contribution is 0.0505. The number of esters is 1. The number of hydrogen-bond acceptors (Lipinski definition) is 4. The first kappa shape index (κ1) is 14.6. The monoisotopic (exact) mass is 263 g/mol. The van der Waals surface area contributed by atoms with E-state index in [2.05, 4.69) is 6.07 Å². The van der Waals surface area contributed by atoms with E-state index in [1.165, 1.54) is 0 Å². The topological polar surface area (TPSA) is 50.1 Å². The Hall–Kier alpha value is -1.47. The molecule has 0 N–H and O–H groups in total. The van der Waals surface area contributed by atoms with Crippen LogP contribution in [0.15, 0.2) is 24.3 Å². The standard InChI is InChI=1S/C14H17NO2S/c1-2-9-17-14(16)13-6-4-12(5-7-13)11-18-10-3-8-15/h4-7H,2-3,9-11H2,1H3. The molecule has 1 aromatic carbocycles. The number of nitriles is 1. The largest absolute Gasteiger partial charge is 0.462 e. The number of rotatable bonds is 7. The van der Waals surface area contributed by atoms with E-state index in [0.29, 0.717) is 18.6 Å². The summed E-state index contributed by atoms with van der Waals surface area (Å²) in [5, 5.41) is 8.42. The van der Waals surface area contributed by atoms with E-state index < -0.39 is 0 Å². The van der Waals surface area contributed by atoms with Crippen LogP contribution in [0.25, 0.3) is 0 Å². The van der Waals surface area contributed by atoms with E-state index in [4.69, 9.17) is 10.00 Å². The molecule has 0 heterocycles. The highest BCUT2D eigenvalue weighted by Gasteiger charge is 2.05. The maximum Gasteiger partial charge on any atom is 0.338 e. The van der Waals surface area contributed by atoms with E-state index in [1.54, 1.807) is 23.9 Å². The molecule has 0 aromatic heterocycles. The van der Waals surface area contributed by atoms with Gasteiger partial charge >= 0.3 is 5.97 Å². The van der Waals surface area contributed by atoms with E-state index in [9.17, 15) is 4.79 Å². The van der Waals surface area contributed by atoms with Gasteiger partial charge in [-0.15, -0.1) is 0 Å². The molecule has 0 aliphatic heterocycles. The summed E-state index contributed by atoms with van der Waals surface area (Å²) in [7, 11) is 0. The van der Waals surface area contributed by atoms with Gasteiger partial charge in [0.25, 0.3) is 0 Å². The second kappa shape index (κ2) is 8.60. The summed E-state index contributed by atoms with van der Waals surface area (Å²) in [4.78, 5) is 11.6. The van der Waals surface area contributed by atoms with Gasteiger partial charge in [0, 0.05) is 17.9 Å². The van der Waals surface area contributed by atoms with Gasteiger partial charge in [-0.05, 0) is 24.1 Å². The molecule has 1 rings (SSSR count). The second-order valence-electron chi connectivity index (χ2n) is 3.79. The molecular formula is C14H17NO2S. The zero-order chi connectivity index (χ0) is 13.2. The van der Waals surface area contributed by atoms with Crippen LogP contribution in [0.2, 0.25) is 0 Å². The molecule has 0 fully saturated rings. The minimum Gasteiger partial charge on any atom is -0.462 e. The van der Waals surface area contributed by atoms with E-state index in [-0.39, 0.29) is 5.97 Å². The number of ether oxygens (including phenoxy) is 1. The number of carbonyl (C=O) groups excluding carboxylic acids is 1. The summed E-state index contributed by atoms with van der Waals surface area (Å²) in [5.41, 5.74) is 1.75. The third kappa shape index (κ3) is 5.24. The Balaban J connectivity index is 2.42. The zero-order valence-corrected chi connectivity index (χ0v) is 11.3. The highest BCUT2D eigenvalue weighted by Crippen LogP contribution is 2.14. The van der Waals surface area contributed by atoms with Gasteiger partial charge in [-0.1, -0.05) is 19.1 Å². The molecule has 3 nitrogen and oxygen atoms in total. The van der Waals surface area contributed by atoms with Crippen molar-refractivity contribution >= 4 is 17.7 Å². The fraction of sp³-hybridized carbons (Fsp3) is 0.429. The summed E-state index contributed by atoms with van der Waals surface area (Å²) in [5.74, 6) is 1.45. The summed E-state index contributed by atoms with van der Waals surface area (Å²) in [6.45, 7) is 2.43. The van der Waals surface area contributed by atoms with Crippen molar-refractivity contribution in [2.45, 2.75) is 25.5 Å². The molecular weight excluding hydrogens is 246 g/mol. The maximum absolute atomic E-state index is 11.6. The molecule has 0 radical (unpaired) electrons. The molecule has 0 unspecified atom stereocenters. The Labute approximate surface area is 112 Å². The summed E-state index contributed by atoms with van der Waals surface area (Å²) >= 11 is 1.72. The first-order chi connectivity index (χ1) is 8.77. The summed E-state index contributed by atoms with van der Waals surface area (Å²) in [6, 6.07) is 9.56. The van der Waals surface area contributed by atoms with Crippen LogP contribution in [0.3, 0.4) is 0 Å². The van der Waals surface area contributed by atoms with Crippen LogP contribution in [0.4, 0.5) is 0 Å². The molecule has 0 aliphatic carbocycles. The smallest absolute Gasteiger partial charge is 0.338 e. The van der Waals surface area contributed by atoms with Gasteiger partial charge in [0.05, 0.1) is 18.2 Å². The number of thioether (sulfide) groups is 1. The van der Waals surface area contributed by atoms with Crippen LogP contribution in [-0.4, -0.2) is 18.3 Å². The van der Waals surface area contributed by atoms with Gasteiger partial charge in [0.2, 0.25) is 0 Å². The molecule has 0 spiro atoms. The lowest BCUT2D eigenvalue weighted by Gasteiger charge is -2.04. The molecule has 0 amide bonds. The molecule has 96 valence electrons. The van der Waals surface area contributed by atoms with Crippen molar-refractivity contribution in [1.82, 2.24) is 0 Å². The summed E-state index contributed by atoms with van der Waals surface area (Å²) in [6.07, 6.45) is 1.41. The minimum absolute atomic E-state index is 0.263. The fourth-order valence-corrected chi connectivity index (χ4v) is 2.13. The van der Waals surface area contributed by atoms with E-state index in [1.807, 2.05) is 19.1 Å². The molecule has 0 saturated heterocycles. The number of nitrogens with zero attached hydrogens (tertiary/aromatic N) is 1. The van der Waals surface area contributed by atoms with Gasteiger partial charge in [-0.25, -0.2) is 4.79 Å². The van der Waals surface area contributed by atoms with Gasteiger partial charge in [-0.3, -0.25) is 0 Å². The maximum atomic E-state index is 11.6. The zero-order valence-electron chi connectivity index (χ0n) is 10.5. The van der Waals surface area contributed by atoms with Gasteiger partial charge in [0.15, 0.2) is 0 Å². The highest BCUT2D eigenvalue weighted by atomic mass is 32.2. The summed E-state index contributed by atoms with van der Waals surface area (Å²) < 4.78 is 5.05. The Kier molecular flexibility index (Phi) is 6.97. The Morgan fingerprint density at radius 2 is 2.11 bits per heavy atom. The Morgan fingerprint density at radius 1 is 1.39 bits per heavy atom. The number of benzene rings is 1. The van der Waals surface area contributed by atoms with Gasteiger partial charge in [0.1, 0.15) is 0 Å². The average Bonchev–Trinajstić information content (AvgIpc) is 2.41. The van der Waals surface area contributed by atoms with Gasteiger partial charge < -0.3 is 4.74 Å². The predicted octanol–water partition coefficient (Wildman–Crippen LogP) is 3.40. The minimum atomic E-state index is -0.263. The van der Waals surface area contributed by atoms with Crippen molar-refractivity contribution in [3.63, 3.8) is 0 Å².